The molecule has 0 aliphatic carbocycles. The SMILES string of the molecule is C=C[Si](C)(C)O[C@H](/C=N/N(c1ccccc1)c1ccccc1)CC(C)C. The molecule has 0 heterocycles. The molecule has 0 saturated heterocycles. The first-order valence-corrected chi connectivity index (χ1v) is 12.2. The Labute approximate surface area is 159 Å². The minimum Gasteiger partial charge on any atom is -0.406 e. The maximum atomic E-state index is 6.36. The minimum atomic E-state index is -1.88. The van der Waals surface area contributed by atoms with E-state index in [0.717, 1.165) is 17.8 Å². The van der Waals surface area contributed by atoms with E-state index in [4.69, 9.17) is 9.53 Å². The summed E-state index contributed by atoms with van der Waals surface area (Å²) in [5.74, 6) is 0.531. The van der Waals surface area contributed by atoms with Crippen LogP contribution in [-0.4, -0.2) is 20.6 Å². The van der Waals surface area contributed by atoms with Crippen molar-refractivity contribution in [2.75, 3.05) is 5.01 Å². The van der Waals surface area contributed by atoms with Crippen molar-refractivity contribution in [3.63, 3.8) is 0 Å². The third-order valence-electron chi connectivity index (χ3n) is 4.00. The van der Waals surface area contributed by atoms with Gasteiger partial charge in [0.1, 0.15) is 0 Å². The molecule has 0 unspecified atom stereocenters. The fourth-order valence-corrected chi connectivity index (χ4v) is 3.64. The zero-order valence-corrected chi connectivity index (χ0v) is 17.3. The zero-order valence-electron chi connectivity index (χ0n) is 16.3. The van der Waals surface area contributed by atoms with E-state index < -0.39 is 8.32 Å². The van der Waals surface area contributed by atoms with Gasteiger partial charge >= 0.3 is 0 Å². The highest BCUT2D eigenvalue weighted by Crippen LogP contribution is 2.25. The molecule has 0 N–H and O–H groups in total. The van der Waals surface area contributed by atoms with E-state index in [9.17, 15) is 0 Å². The number of benzene rings is 2. The summed E-state index contributed by atoms with van der Waals surface area (Å²) in [6.45, 7) is 12.7. The number of anilines is 2. The molecule has 0 bridgehead atoms. The predicted octanol–water partition coefficient (Wildman–Crippen LogP) is 6.17. The summed E-state index contributed by atoms with van der Waals surface area (Å²) in [6, 6.07) is 20.4. The first-order valence-electron chi connectivity index (χ1n) is 9.17. The van der Waals surface area contributed by atoms with Gasteiger partial charge < -0.3 is 4.43 Å². The van der Waals surface area contributed by atoms with Crippen LogP contribution in [0.1, 0.15) is 20.3 Å². The summed E-state index contributed by atoms with van der Waals surface area (Å²) in [7, 11) is -1.88. The molecule has 26 heavy (non-hydrogen) atoms. The molecule has 0 spiro atoms. The van der Waals surface area contributed by atoms with Crippen LogP contribution in [0.15, 0.2) is 78.0 Å². The van der Waals surface area contributed by atoms with Gasteiger partial charge in [-0.2, -0.15) is 5.10 Å². The maximum absolute atomic E-state index is 6.36. The molecule has 0 saturated carbocycles. The Balaban J connectivity index is 2.30. The van der Waals surface area contributed by atoms with Crippen LogP contribution < -0.4 is 5.01 Å². The highest BCUT2D eigenvalue weighted by Gasteiger charge is 2.23. The van der Waals surface area contributed by atoms with Crippen molar-refractivity contribution >= 4 is 25.9 Å². The van der Waals surface area contributed by atoms with Crippen LogP contribution in [0.3, 0.4) is 0 Å². The van der Waals surface area contributed by atoms with Gasteiger partial charge in [0, 0.05) is 0 Å². The third kappa shape index (κ3) is 6.28. The molecule has 0 radical (unpaired) electrons. The second-order valence-corrected chi connectivity index (χ2v) is 11.2. The van der Waals surface area contributed by atoms with E-state index in [2.05, 4.69) is 57.8 Å². The number of hydrogen-bond donors (Lipinski definition) is 0. The Hall–Kier alpha value is -2.17. The van der Waals surface area contributed by atoms with E-state index in [-0.39, 0.29) is 6.10 Å². The molecule has 0 amide bonds. The molecule has 2 aromatic carbocycles. The molecule has 0 aliphatic rings. The molecule has 0 aliphatic heterocycles. The van der Waals surface area contributed by atoms with Gasteiger partial charge in [-0.25, -0.2) is 5.01 Å². The second kappa shape index (κ2) is 9.50. The molecule has 4 heteroatoms. The van der Waals surface area contributed by atoms with Crippen molar-refractivity contribution in [2.24, 2.45) is 11.0 Å². The van der Waals surface area contributed by atoms with E-state index in [0.29, 0.717) is 5.92 Å². The van der Waals surface area contributed by atoms with Crippen LogP contribution in [0.2, 0.25) is 13.1 Å². The summed E-state index contributed by atoms with van der Waals surface area (Å²) < 4.78 is 6.36. The van der Waals surface area contributed by atoms with Crippen molar-refractivity contribution in [1.29, 1.82) is 0 Å². The lowest BCUT2D eigenvalue weighted by molar-refractivity contribution is 0.236. The summed E-state index contributed by atoms with van der Waals surface area (Å²) in [6.07, 6.45) is 2.85. The van der Waals surface area contributed by atoms with Gasteiger partial charge in [0.25, 0.3) is 0 Å². The van der Waals surface area contributed by atoms with Gasteiger partial charge in [0.15, 0.2) is 0 Å². The molecule has 2 rings (SSSR count). The Morgan fingerprint density at radius 2 is 1.50 bits per heavy atom. The van der Waals surface area contributed by atoms with E-state index >= 15 is 0 Å². The number of hydrogen-bond acceptors (Lipinski definition) is 3. The normalized spacial score (nSPS) is 13.1. The topological polar surface area (TPSA) is 24.8 Å². The molecular weight excluding hydrogens is 336 g/mol. The number of para-hydroxylation sites is 2. The second-order valence-electron chi connectivity index (χ2n) is 7.34. The lowest BCUT2D eigenvalue weighted by atomic mass is 10.1. The van der Waals surface area contributed by atoms with E-state index in [1.54, 1.807) is 0 Å². The first-order chi connectivity index (χ1) is 12.4. The fraction of sp³-hybridized carbons (Fsp3) is 0.318. The van der Waals surface area contributed by atoms with Crippen molar-refractivity contribution in [1.82, 2.24) is 0 Å². The quantitative estimate of drug-likeness (QED) is 0.301. The number of hydrazone groups is 1. The van der Waals surface area contributed by atoms with Gasteiger partial charge in [0.05, 0.1) is 23.7 Å². The average Bonchev–Trinajstić information content (AvgIpc) is 2.63. The smallest absolute Gasteiger partial charge is 0.211 e. The number of rotatable bonds is 9. The van der Waals surface area contributed by atoms with Crippen LogP contribution in [0.25, 0.3) is 0 Å². The molecule has 0 fully saturated rings. The monoisotopic (exact) mass is 366 g/mol. The largest absolute Gasteiger partial charge is 0.406 e. The summed E-state index contributed by atoms with van der Waals surface area (Å²) in [4.78, 5) is 0. The van der Waals surface area contributed by atoms with Crippen molar-refractivity contribution in [3.05, 3.63) is 72.9 Å². The Morgan fingerprint density at radius 3 is 1.92 bits per heavy atom. The highest BCUT2D eigenvalue weighted by molar-refractivity contribution is 6.76. The average molecular weight is 367 g/mol. The molecule has 138 valence electrons. The lowest BCUT2D eigenvalue weighted by Gasteiger charge is -2.26. The van der Waals surface area contributed by atoms with Crippen LogP contribution in [0, 0.1) is 5.92 Å². The molecule has 1 atom stereocenters. The van der Waals surface area contributed by atoms with Crippen molar-refractivity contribution in [2.45, 2.75) is 39.5 Å². The summed E-state index contributed by atoms with van der Waals surface area (Å²) >= 11 is 0. The lowest BCUT2D eigenvalue weighted by Crippen LogP contribution is -2.35. The van der Waals surface area contributed by atoms with Crippen LogP contribution in [-0.2, 0) is 4.43 Å². The van der Waals surface area contributed by atoms with Gasteiger partial charge in [0.2, 0.25) is 8.32 Å². The fourth-order valence-electron chi connectivity index (χ4n) is 2.60. The highest BCUT2D eigenvalue weighted by atomic mass is 28.4. The van der Waals surface area contributed by atoms with Crippen molar-refractivity contribution < 1.29 is 4.43 Å². The minimum absolute atomic E-state index is 0.0235. The van der Waals surface area contributed by atoms with Crippen LogP contribution in [0.5, 0.6) is 0 Å². The van der Waals surface area contributed by atoms with Crippen LogP contribution in [0.4, 0.5) is 11.4 Å². The standard InChI is InChI=1S/C22H30N2OSi/c1-6-26(4,5)25-22(17-19(2)3)18-23-24(20-13-9-7-10-14-20)21-15-11-8-12-16-21/h6-16,18-19,22H,1,17H2,2-5H3/b23-18+/t22-/m0/s1. The first kappa shape index (κ1) is 20.1. The molecular formula is C22H30N2OSi. The van der Waals surface area contributed by atoms with Crippen molar-refractivity contribution in [3.8, 4) is 0 Å². The van der Waals surface area contributed by atoms with Gasteiger partial charge in [-0.15, -0.1) is 6.58 Å². The maximum Gasteiger partial charge on any atom is 0.211 e. The Morgan fingerprint density at radius 1 is 1.00 bits per heavy atom. The van der Waals surface area contributed by atoms with E-state index in [1.807, 2.05) is 53.3 Å². The molecule has 2 aromatic rings. The van der Waals surface area contributed by atoms with Gasteiger partial charge in [-0.3, -0.25) is 0 Å². The van der Waals surface area contributed by atoms with Gasteiger partial charge in [-0.05, 0) is 49.7 Å². The third-order valence-corrected chi connectivity index (χ3v) is 5.89. The molecule has 0 aromatic heterocycles. The van der Waals surface area contributed by atoms with Gasteiger partial charge in [-0.1, -0.05) is 55.9 Å². The zero-order chi connectivity index (χ0) is 19.0. The Bertz CT molecular complexity index is 659. The predicted molar refractivity (Wildman–Crippen MR) is 116 cm³/mol. The summed E-state index contributed by atoms with van der Waals surface area (Å²) in [5, 5.41) is 6.76. The summed E-state index contributed by atoms with van der Waals surface area (Å²) in [5.41, 5.74) is 4.03. The van der Waals surface area contributed by atoms with Crippen LogP contribution >= 0.6 is 0 Å². The molecule has 3 nitrogen and oxygen atoms in total. The van der Waals surface area contributed by atoms with E-state index in [1.165, 1.54) is 0 Å². The Kier molecular flexibility index (Phi) is 7.36. The number of nitrogens with zero attached hydrogens (tertiary/aromatic N) is 2.